The van der Waals surface area contributed by atoms with Gasteiger partial charge in [-0.1, -0.05) is 15.9 Å². The molecule has 1 aromatic rings. The van der Waals surface area contributed by atoms with Crippen molar-refractivity contribution in [2.45, 2.75) is 26.1 Å². The first-order valence-electron chi connectivity index (χ1n) is 6.47. The van der Waals surface area contributed by atoms with Crippen LogP contribution in [0.25, 0.3) is 0 Å². The van der Waals surface area contributed by atoms with Gasteiger partial charge in [0.05, 0.1) is 18.8 Å². The van der Waals surface area contributed by atoms with E-state index in [0.29, 0.717) is 19.6 Å². The molecule has 0 saturated carbocycles. The standard InChI is InChI=1S/C14H19BrN2O2/c1-10-8-17(9-11(2)19-10)14(18)7-16-13-5-3-12(15)4-6-13/h3-6,10-11,16H,7-9H2,1-2H3. The second-order valence-corrected chi connectivity index (χ2v) is 5.83. The summed E-state index contributed by atoms with van der Waals surface area (Å²) in [5.74, 6) is 0.116. The summed E-state index contributed by atoms with van der Waals surface area (Å²) in [4.78, 5) is 14.0. The molecule has 5 heteroatoms. The number of halogens is 1. The minimum Gasteiger partial charge on any atom is -0.376 e. The molecule has 0 spiro atoms. The van der Waals surface area contributed by atoms with Crippen molar-refractivity contribution >= 4 is 27.5 Å². The highest BCUT2D eigenvalue weighted by Gasteiger charge is 2.25. The molecular weight excluding hydrogens is 308 g/mol. The Hall–Kier alpha value is -1.07. The molecule has 104 valence electrons. The van der Waals surface area contributed by atoms with Gasteiger partial charge in [-0.15, -0.1) is 0 Å². The van der Waals surface area contributed by atoms with E-state index in [-0.39, 0.29) is 18.1 Å². The molecular formula is C14H19BrN2O2. The van der Waals surface area contributed by atoms with E-state index in [1.54, 1.807) is 0 Å². The summed E-state index contributed by atoms with van der Waals surface area (Å²) in [7, 11) is 0. The van der Waals surface area contributed by atoms with Gasteiger partial charge >= 0.3 is 0 Å². The molecule has 0 aromatic heterocycles. The Labute approximate surface area is 122 Å². The van der Waals surface area contributed by atoms with Gasteiger partial charge in [-0.3, -0.25) is 4.79 Å². The second kappa shape index (κ2) is 6.39. The van der Waals surface area contributed by atoms with E-state index in [2.05, 4.69) is 21.2 Å². The fourth-order valence-electron chi connectivity index (χ4n) is 2.24. The minimum absolute atomic E-state index is 0.111. The van der Waals surface area contributed by atoms with E-state index in [1.807, 2.05) is 43.0 Å². The van der Waals surface area contributed by atoms with E-state index in [0.717, 1.165) is 10.2 Å². The van der Waals surface area contributed by atoms with Crippen LogP contribution in [0, 0.1) is 0 Å². The Morgan fingerprint density at radius 1 is 1.32 bits per heavy atom. The third kappa shape index (κ3) is 4.21. The van der Waals surface area contributed by atoms with Gasteiger partial charge in [-0.25, -0.2) is 0 Å². The van der Waals surface area contributed by atoms with Gasteiger partial charge in [0.2, 0.25) is 5.91 Å². The lowest BCUT2D eigenvalue weighted by molar-refractivity contribution is -0.141. The monoisotopic (exact) mass is 326 g/mol. The van der Waals surface area contributed by atoms with E-state index < -0.39 is 0 Å². The highest BCUT2D eigenvalue weighted by molar-refractivity contribution is 9.10. The molecule has 0 bridgehead atoms. The van der Waals surface area contributed by atoms with Gasteiger partial charge < -0.3 is 15.0 Å². The Bertz CT molecular complexity index is 426. The van der Waals surface area contributed by atoms with Crippen molar-refractivity contribution < 1.29 is 9.53 Å². The van der Waals surface area contributed by atoms with Crippen molar-refractivity contribution in [3.05, 3.63) is 28.7 Å². The number of benzene rings is 1. The molecule has 1 fully saturated rings. The zero-order chi connectivity index (χ0) is 13.8. The molecule has 2 rings (SSSR count). The maximum atomic E-state index is 12.1. The number of amides is 1. The van der Waals surface area contributed by atoms with Gasteiger partial charge in [-0.2, -0.15) is 0 Å². The first-order chi connectivity index (χ1) is 9.04. The number of hydrogen-bond donors (Lipinski definition) is 1. The Morgan fingerprint density at radius 3 is 2.47 bits per heavy atom. The van der Waals surface area contributed by atoms with Crippen molar-refractivity contribution in [1.29, 1.82) is 0 Å². The van der Waals surface area contributed by atoms with E-state index >= 15 is 0 Å². The number of hydrogen-bond acceptors (Lipinski definition) is 3. The number of morpholine rings is 1. The summed E-state index contributed by atoms with van der Waals surface area (Å²) in [6.07, 6.45) is 0.223. The quantitative estimate of drug-likeness (QED) is 0.927. The van der Waals surface area contributed by atoms with Crippen LogP contribution in [0.1, 0.15) is 13.8 Å². The number of anilines is 1. The zero-order valence-electron chi connectivity index (χ0n) is 11.2. The largest absolute Gasteiger partial charge is 0.376 e. The van der Waals surface area contributed by atoms with Crippen LogP contribution in [0.5, 0.6) is 0 Å². The molecule has 0 aliphatic carbocycles. The van der Waals surface area contributed by atoms with Crippen molar-refractivity contribution in [2.75, 3.05) is 25.0 Å². The summed E-state index contributed by atoms with van der Waals surface area (Å²) in [5, 5.41) is 3.15. The second-order valence-electron chi connectivity index (χ2n) is 4.92. The third-order valence-electron chi connectivity index (χ3n) is 3.06. The number of nitrogens with one attached hydrogen (secondary N) is 1. The summed E-state index contributed by atoms with van der Waals surface area (Å²) in [6, 6.07) is 7.79. The molecule has 1 N–H and O–H groups in total. The minimum atomic E-state index is 0.111. The van der Waals surface area contributed by atoms with Crippen molar-refractivity contribution in [3.63, 3.8) is 0 Å². The van der Waals surface area contributed by atoms with Crippen LogP contribution in [-0.4, -0.2) is 42.6 Å². The van der Waals surface area contributed by atoms with Gasteiger partial charge in [0.15, 0.2) is 0 Å². The molecule has 0 radical (unpaired) electrons. The highest BCUT2D eigenvalue weighted by Crippen LogP contribution is 2.14. The summed E-state index contributed by atoms with van der Waals surface area (Å²) in [6.45, 7) is 5.66. The molecule has 1 amide bonds. The van der Waals surface area contributed by atoms with Crippen LogP contribution >= 0.6 is 15.9 Å². The average Bonchev–Trinajstić information content (AvgIpc) is 2.36. The van der Waals surface area contributed by atoms with Crippen LogP contribution in [-0.2, 0) is 9.53 Å². The molecule has 1 aromatic carbocycles. The normalized spacial score (nSPS) is 23.2. The zero-order valence-corrected chi connectivity index (χ0v) is 12.8. The van der Waals surface area contributed by atoms with Gasteiger partial charge in [-0.05, 0) is 38.1 Å². The van der Waals surface area contributed by atoms with Crippen LogP contribution in [0.4, 0.5) is 5.69 Å². The van der Waals surface area contributed by atoms with Crippen LogP contribution < -0.4 is 5.32 Å². The van der Waals surface area contributed by atoms with E-state index in [4.69, 9.17) is 4.74 Å². The molecule has 1 aliphatic heterocycles. The molecule has 1 heterocycles. The van der Waals surface area contributed by atoms with Crippen molar-refractivity contribution in [3.8, 4) is 0 Å². The fourth-order valence-corrected chi connectivity index (χ4v) is 2.50. The first kappa shape index (κ1) is 14.3. The lowest BCUT2D eigenvalue weighted by Crippen LogP contribution is -2.49. The third-order valence-corrected chi connectivity index (χ3v) is 3.59. The molecule has 4 nitrogen and oxygen atoms in total. The Kier molecular flexibility index (Phi) is 4.82. The molecule has 1 aliphatic rings. The summed E-state index contributed by atoms with van der Waals surface area (Å²) >= 11 is 3.38. The Balaban J connectivity index is 1.85. The van der Waals surface area contributed by atoms with Crippen LogP contribution in [0.15, 0.2) is 28.7 Å². The topological polar surface area (TPSA) is 41.6 Å². The predicted octanol–water partition coefficient (Wildman–Crippen LogP) is 2.50. The highest BCUT2D eigenvalue weighted by atomic mass is 79.9. The van der Waals surface area contributed by atoms with Gasteiger partial charge in [0.25, 0.3) is 0 Å². The SMILES string of the molecule is CC1CN(C(=O)CNc2ccc(Br)cc2)CC(C)O1. The number of nitrogens with zero attached hydrogens (tertiary/aromatic N) is 1. The maximum absolute atomic E-state index is 12.1. The number of ether oxygens (including phenoxy) is 1. The van der Waals surface area contributed by atoms with Gasteiger partial charge in [0.1, 0.15) is 0 Å². The van der Waals surface area contributed by atoms with Gasteiger partial charge in [0, 0.05) is 23.2 Å². The smallest absolute Gasteiger partial charge is 0.242 e. The number of rotatable bonds is 3. The summed E-state index contributed by atoms with van der Waals surface area (Å²) in [5.41, 5.74) is 0.950. The Morgan fingerprint density at radius 2 is 1.89 bits per heavy atom. The number of carbonyl (C=O) groups is 1. The molecule has 2 unspecified atom stereocenters. The lowest BCUT2D eigenvalue weighted by atomic mass is 10.2. The van der Waals surface area contributed by atoms with Crippen LogP contribution in [0.3, 0.4) is 0 Å². The number of carbonyl (C=O) groups excluding carboxylic acids is 1. The predicted molar refractivity (Wildman–Crippen MR) is 79.2 cm³/mol. The molecule has 2 atom stereocenters. The van der Waals surface area contributed by atoms with Crippen molar-refractivity contribution in [1.82, 2.24) is 4.90 Å². The van der Waals surface area contributed by atoms with Crippen molar-refractivity contribution in [2.24, 2.45) is 0 Å². The molecule has 1 saturated heterocycles. The fraction of sp³-hybridized carbons (Fsp3) is 0.500. The average molecular weight is 327 g/mol. The lowest BCUT2D eigenvalue weighted by Gasteiger charge is -2.35. The van der Waals surface area contributed by atoms with Crippen LogP contribution in [0.2, 0.25) is 0 Å². The van der Waals surface area contributed by atoms with E-state index in [1.165, 1.54) is 0 Å². The maximum Gasteiger partial charge on any atom is 0.242 e. The van der Waals surface area contributed by atoms with E-state index in [9.17, 15) is 4.79 Å². The first-order valence-corrected chi connectivity index (χ1v) is 7.26. The molecule has 19 heavy (non-hydrogen) atoms. The summed E-state index contributed by atoms with van der Waals surface area (Å²) < 4.78 is 6.65.